The zero-order valence-corrected chi connectivity index (χ0v) is 11.0. The quantitative estimate of drug-likeness (QED) is 0.868. The average molecular weight is 248 g/mol. The molecule has 0 aromatic carbocycles. The second-order valence-corrected chi connectivity index (χ2v) is 5.32. The Morgan fingerprint density at radius 1 is 1.33 bits per heavy atom. The highest BCUT2D eigenvalue weighted by molar-refractivity contribution is 5.93. The van der Waals surface area contributed by atoms with Gasteiger partial charge in [0.25, 0.3) is 5.91 Å². The Balaban J connectivity index is 1.99. The number of nitrogens with one attached hydrogen (secondary N) is 1. The molecule has 1 aliphatic heterocycles. The van der Waals surface area contributed by atoms with Crippen LogP contribution in [0.25, 0.3) is 0 Å². The van der Waals surface area contributed by atoms with Crippen LogP contribution in [-0.2, 0) is 0 Å². The predicted molar refractivity (Wildman–Crippen MR) is 70.5 cm³/mol. The first kappa shape index (κ1) is 12.9. The lowest BCUT2D eigenvalue weighted by molar-refractivity contribution is 0.0667. The molecular weight excluding hydrogens is 228 g/mol. The Kier molecular flexibility index (Phi) is 3.84. The van der Waals surface area contributed by atoms with Gasteiger partial charge in [0.1, 0.15) is 0 Å². The van der Waals surface area contributed by atoms with Crippen LogP contribution in [0.1, 0.15) is 37.0 Å². The zero-order chi connectivity index (χ0) is 13.1. The van der Waals surface area contributed by atoms with Crippen LogP contribution >= 0.6 is 0 Å². The largest absolute Gasteiger partial charge is 0.339 e. The van der Waals surface area contributed by atoms with Crippen molar-refractivity contribution < 1.29 is 4.79 Å². The lowest BCUT2D eigenvalue weighted by Gasteiger charge is -2.33. The number of aromatic amines is 1. The lowest BCUT2D eigenvalue weighted by Crippen LogP contribution is -2.39. The van der Waals surface area contributed by atoms with Crippen LogP contribution in [0, 0.1) is 11.8 Å². The van der Waals surface area contributed by atoms with Crippen LogP contribution in [0.5, 0.6) is 0 Å². The molecule has 0 atom stereocenters. The monoisotopic (exact) mass is 248 g/mol. The van der Waals surface area contributed by atoms with E-state index < -0.39 is 0 Å². The number of piperidine rings is 1. The summed E-state index contributed by atoms with van der Waals surface area (Å²) in [4.78, 5) is 27.6. The summed E-state index contributed by atoms with van der Waals surface area (Å²) in [5, 5.41) is 0. The number of rotatable bonds is 2. The van der Waals surface area contributed by atoms with Crippen molar-refractivity contribution in [2.24, 2.45) is 11.8 Å². The van der Waals surface area contributed by atoms with Gasteiger partial charge in [0.05, 0.1) is 5.56 Å². The van der Waals surface area contributed by atoms with Crippen molar-refractivity contribution in [1.29, 1.82) is 0 Å². The molecule has 4 heteroatoms. The molecule has 1 fully saturated rings. The van der Waals surface area contributed by atoms with E-state index >= 15 is 0 Å². The van der Waals surface area contributed by atoms with E-state index in [-0.39, 0.29) is 11.5 Å². The predicted octanol–water partition coefficient (Wildman–Crippen LogP) is 1.88. The molecule has 1 amide bonds. The normalized spacial score (nSPS) is 17.2. The van der Waals surface area contributed by atoms with E-state index in [1.807, 2.05) is 4.90 Å². The minimum atomic E-state index is -0.176. The highest BCUT2D eigenvalue weighted by Gasteiger charge is 2.25. The summed E-state index contributed by atoms with van der Waals surface area (Å²) in [6, 6.07) is 2.99. The van der Waals surface area contributed by atoms with E-state index in [2.05, 4.69) is 18.8 Å². The molecule has 0 aliphatic carbocycles. The summed E-state index contributed by atoms with van der Waals surface area (Å²) in [6.45, 7) is 6.12. The number of H-pyrrole nitrogens is 1. The van der Waals surface area contributed by atoms with Gasteiger partial charge in [-0.1, -0.05) is 13.8 Å². The number of amides is 1. The number of hydrogen-bond donors (Lipinski definition) is 1. The van der Waals surface area contributed by atoms with Gasteiger partial charge in [-0.25, -0.2) is 0 Å². The molecule has 2 rings (SSSR count). The number of hydrogen-bond acceptors (Lipinski definition) is 2. The summed E-state index contributed by atoms with van der Waals surface area (Å²) < 4.78 is 0. The highest BCUT2D eigenvalue weighted by Crippen LogP contribution is 2.25. The zero-order valence-electron chi connectivity index (χ0n) is 11.0. The van der Waals surface area contributed by atoms with E-state index in [0.29, 0.717) is 11.5 Å². The standard InChI is InChI=1S/C14H20N2O2/c1-10(2)11-5-7-16(8-6-11)14(18)12-3-4-13(17)15-9-12/h3-4,9-11H,5-8H2,1-2H3,(H,15,17). The van der Waals surface area contributed by atoms with Gasteiger partial charge in [-0.2, -0.15) is 0 Å². The van der Waals surface area contributed by atoms with E-state index in [1.165, 1.54) is 12.3 Å². The van der Waals surface area contributed by atoms with Crippen molar-refractivity contribution in [3.63, 3.8) is 0 Å². The van der Waals surface area contributed by atoms with Crippen LogP contribution in [-0.4, -0.2) is 28.9 Å². The fourth-order valence-corrected chi connectivity index (χ4v) is 2.50. The summed E-state index contributed by atoms with van der Waals surface area (Å²) in [5.74, 6) is 1.44. The number of aromatic nitrogens is 1. The smallest absolute Gasteiger partial charge is 0.255 e. The fourth-order valence-electron chi connectivity index (χ4n) is 2.50. The van der Waals surface area contributed by atoms with Crippen LogP contribution in [0.15, 0.2) is 23.1 Å². The van der Waals surface area contributed by atoms with Gasteiger partial charge in [-0.05, 0) is 30.7 Å². The number of nitrogens with zero attached hydrogens (tertiary/aromatic N) is 1. The lowest BCUT2D eigenvalue weighted by atomic mass is 9.86. The summed E-state index contributed by atoms with van der Waals surface area (Å²) in [6.07, 6.45) is 3.65. The maximum Gasteiger partial charge on any atom is 0.255 e. The molecule has 0 bridgehead atoms. The first-order valence-electron chi connectivity index (χ1n) is 6.56. The van der Waals surface area contributed by atoms with Gasteiger partial charge in [-0.15, -0.1) is 0 Å². The number of pyridine rings is 1. The molecule has 18 heavy (non-hydrogen) atoms. The Morgan fingerprint density at radius 2 is 2.00 bits per heavy atom. The molecule has 0 unspecified atom stereocenters. The fraction of sp³-hybridized carbons (Fsp3) is 0.571. The minimum Gasteiger partial charge on any atom is -0.339 e. The summed E-state index contributed by atoms with van der Waals surface area (Å²) >= 11 is 0. The van der Waals surface area contributed by atoms with Crippen LogP contribution in [0.2, 0.25) is 0 Å². The molecule has 2 heterocycles. The van der Waals surface area contributed by atoms with Gasteiger partial charge in [-0.3, -0.25) is 9.59 Å². The third-order valence-corrected chi connectivity index (χ3v) is 3.80. The molecule has 0 saturated carbocycles. The molecule has 1 aromatic rings. The highest BCUT2D eigenvalue weighted by atomic mass is 16.2. The van der Waals surface area contributed by atoms with Crippen LogP contribution in [0.3, 0.4) is 0 Å². The second kappa shape index (κ2) is 5.38. The first-order chi connectivity index (χ1) is 8.58. The van der Waals surface area contributed by atoms with Gasteiger partial charge in [0.2, 0.25) is 5.56 Å². The Morgan fingerprint density at radius 3 is 2.50 bits per heavy atom. The Hall–Kier alpha value is -1.58. The molecule has 1 aromatic heterocycles. The second-order valence-electron chi connectivity index (χ2n) is 5.32. The van der Waals surface area contributed by atoms with Crippen molar-refractivity contribution in [3.8, 4) is 0 Å². The average Bonchev–Trinajstić information content (AvgIpc) is 2.39. The van der Waals surface area contributed by atoms with Crippen molar-refractivity contribution in [2.45, 2.75) is 26.7 Å². The van der Waals surface area contributed by atoms with Crippen molar-refractivity contribution in [3.05, 3.63) is 34.2 Å². The van der Waals surface area contributed by atoms with E-state index in [0.717, 1.165) is 31.8 Å². The Bertz CT molecular complexity index is 450. The SMILES string of the molecule is CC(C)C1CCN(C(=O)c2ccc(=O)[nH]c2)CC1. The summed E-state index contributed by atoms with van der Waals surface area (Å²) in [7, 11) is 0. The molecule has 1 saturated heterocycles. The first-order valence-corrected chi connectivity index (χ1v) is 6.56. The maximum absolute atomic E-state index is 12.2. The van der Waals surface area contributed by atoms with Gasteiger partial charge < -0.3 is 9.88 Å². The third-order valence-electron chi connectivity index (χ3n) is 3.80. The van der Waals surface area contributed by atoms with E-state index in [9.17, 15) is 9.59 Å². The minimum absolute atomic E-state index is 0.0217. The number of carbonyl (C=O) groups excluding carboxylic acids is 1. The van der Waals surface area contributed by atoms with Crippen molar-refractivity contribution >= 4 is 5.91 Å². The third kappa shape index (κ3) is 2.81. The van der Waals surface area contributed by atoms with Gasteiger partial charge >= 0.3 is 0 Å². The van der Waals surface area contributed by atoms with Crippen molar-refractivity contribution in [2.75, 3.05) is 13.1 Å². The molecular formula is C14H20N2O2. The molecule has 1 N–H and O–H groups in total. The number of carbonyl (C=O) groups is 1. The van der Waals surface area contributed by atoms with Gasteiger partial charge in [0.15, 0.2) is 0 Å². The molecule has 1 aliphatic rings. The van der Waals surface area contributed by atoms with Crippen LogP contribution < -0.4 is 5.56 Å². The summed E-state index contributed by atoms with van der Waals surface area (Å²) in [5.41, 5.74) is 0.391. The maximum atomic E-state index is 12.2. The van der Waals surface area contributed by atoms with Crippen LogP contribution in [0.4, 0.5) is 0 Å². The van der Waals surface area contributed by atoms with E-state index in [4.69, 9.17) is 0 Å². The molecule has 4 nitrogen and oxygen atoms in total. The van der Waals surface area contributed by atoms with Crippen molar-refractivity contribution in [1.82, 2.24) is 9.88 Å². The molecule has 0 radical (unpaired) electrons. The molecule has 98 valence electrons. The Labute approximate surface area is 107 Å². The topological polar surface area (TPSA) is 53.2 Å². The van der Waals surface area contributed by atoms with E-state index in [1.54, 1.807) is 6.07 Å². The van der Waals surface area contributed by atoms with Gasteiger partial charge in [0, 0.05) is 25.4 Å². The molecule has 0 spiro atoms. The number of likely N-dealkylation sites (tertiary alicyclic amines) is 1.